The molecule has 0 heterocycles. The normalized spacial score (nSPS) is 16.1. The Balaban J connectivity index is 2.61. The van der Waals surface area contributed by atoms with E-state index < -0.39 is 69.1 Å². The number of rotatable bonds is 8. The van der Waals surface area contributed by atoms with E-state index in [9.17, 15) is 31.2 Å². The largest absolute Gasteiger partial charge is 0.459 e. The Bertz CT molecular complexity index is 1040. The predicted octanol–water partition coefficient (Wildman–Crippen LogP) is 0.0762. The first-order chi connectivity index (χ1) is 15.7. The molecule has 0 aromatic heterocycles. The molecule has 15 heteroatoms. The van der Waals surface area contributed by atoms with Gasteiger partial charge < -0.3 is 9.47 Å². The lowest BCUT2D eigenvalue weighted by molar-refractivity contribution is -0.197. The molecular formula is C19H19B4F3O7S. The number of ether oxygens (including phenoxy) is 2. The Kier molecular flexibility index (Phi) is 9.37. The van der Waals surface area contributed by atoms with Crippen LogP contribution in [0.5, 0.6) is 0 Å². The molecule has 1 unspecified atom stereocenters. The fourth-order valence-electron chi connectivity index (χ4n) is 3.74. The summed E-state index contributed by atoms with van der Waals surface area (Å²) in [5, 5.41) is 0. The summed E-state index contributed by atoms with van der Waals surface area (Å²) in [6.07, 6.45) is -6.35. The molecule has 34 heavy (non-hydrogen) atoms. The van der Waals surface area contributed by atoms with Crippen molar-refractivity contribution in [1.82, 2.24) is 0 Å². The lowest BCUT2D eigenvalue weighted by atomic mass is 9.68. The van der Waals surface area contributed by atoms with E-state index in [4.69, 9.17) is 40.7 Å². The van der Waals surface area contributed by atoms with Gasteiger partial charge in [0.1, 0.15) is 27.5 Å². The highest BCUT2D eigenvalue weighted by Crippen LogP contribution is 2.27. The first-order valence-corrected chi connectivity index (χ1v) is 11.9. The second-order valence-corrected chi connectivity index (χ2v) is 9.29. The molecule has 0 bridgehead atoms. The molecular weight excluding hydrogens is 473 g/mol. The lowest BCUT2D eigenvalue weighted by Gasteiger charge is -2.27. The monoisotopic (exact) mass is 492 g/mol. The molecule has 1 aromatic carbocycles. The van der Waals surface area contributed by atoms with E-state index >= 15 is 0 Å². The number of hydrogen-bond donors (Lipinski definition) is 1. The summed E-state index contributed by atoms with van der Waals surface area (Å²) in [5.74, 6) is -4.85. The molecule has 0 saturated heterocycles. The molecule has 1 fully saturated rings. The van der Waals surface area contributed by atoms with E-state index in [2.05, 4.69) is 4.74 Å². The molecule has 2 rings (SSSR count). The third-order valence-electron chi connectivity index (χ3n) is 5.42. The van der Waals surface area contributed by atoms with Crippen LogP contribution in [0.2, 0.25) is 0 Å². The number of esters is 2. The van der Waals surface area contributed by atoms with Gasteiger partial charge >= 0.3 is 18.1 Å². The molecule has 1 atom stereocenters. The van der Waals surface area contributed by atoms with Crippen LogP contribution in [0.1, 0.15) is 63.9 Å². The summed E-state index contributed by atoms with van der Waals surface area (Å²) < 4.78 is 80.7. The highest BCUT2D eigenvalue weighted by atomic mass is 32.2. The Morgan fingerprint density at radius 3 is 2.00 bits per heavy atom. The van der Waals surface area contributed by atoms with Gasteiger partial charge in [-0.2, -0.15) is 21.6 Å². The van der Waals surface area contributed by atoms with Gasteiger partial charge in [-0.25, -0.2) is 9.59 Å². The minimum absolute atomic E-state index is 0.0258. The summed E-state index contributed by atoms with van der Waals surface area (Å²) in [6.45, 7) is 0. The van der Waals surface area contributed by atoms with Crippen molar-refractivity contribution in [3.05, 3.63) is 22.3 Å². The number of carbonyl (C=O) groups excluding carboxylic acids is 2. The highest BCUT2D eigenvalue weighted by molar-refractivity contribution is 7.85. The molecule has 0 spiro atoms. The predicted molar refractivity (Wildman–Crippen MR) is 120 cm³/mol. The van der Waals surface area contributed by atoms with Gasteiger partial charge in [-0.15, -0.1) is 0 Å². The Hall–Kier alpha value is -1.88. The number of halogens is 3. The minimum Gasteiger partial charge on any atom is -0.459 e. The van der Waals surface area contributed by atoms with Crippen LogP contribution in [0.25, 0.3) is 0 Å². The Labute approximate surface area is 200 Å². The van der Waals surface area contributed by atoms with Gasteiger partial charge in [0.15, 0.2) is 0 Å². The van der Waals surface area contributed by atoms with Gasteiger partial charge in [0.05, 0.1) is 26.8 Å². The van der Waals surface area contributed by atoms with Gasteiger partial charge in [0.2, 0.25) is 6.10 Å². The van der Waals surface area contributed by atoms with Gasteiger partial charge in [0.25, 0.3) is 10.1 Å². The van der Waals surface area contributed by atoms with Gasteiger partial charge in [-0.3, -0.25) is 4.55 Å². The summed E-state index contributed by atoms with van der Waals surface area (Å²) in [5.41, 5.74) is -2.30. The summed E-state index contributed by atoms with van der Waals surface area (Å²) >= 11 is 0. The average molecular weight is 492 g/mol. The fraction of sp³-hybridized carbons (Fsp3) is 0.579. The van der Waals surface area contributed by atoms with E-state index in [-0.39, 0.29) is 22.9 Å². The maximum atomic E-state index is 13.3. The first-order valence-electron chi connectivity index (χ1n) is 10.3. The van der Waals surface area contributed by atoms with Crippen molar-refractivity contribution in [2.75, 3.05) is 5.75 Å². The molecule has 1 N–H and O–H groups in total. The SMILES string of the molecule is [B]Cc1c([B])c(C[B])c(C(=O)OC(CS(=O)(=O)O)C(F)(F)F)c(C(=O)OC2CCCCC2)c1[B]. The number of benzene rings is 1. The molecule has 1 aliphatic rings. The lowest BCUT2D eigenvalue weighted by Crippen LogP contribution is -2.42. The Morgan fingerprint density at radius 2 is 1.53 bits per heavy atom. The molecule has 7 nitrogen and oxygen atoms in total. The summed E-state index contributed by atoms with van der Waals surface area (Å²) in [6, 6.07) is 0. The molecule has 1 aliphatic carbocycles. The molecule has 0 aliphatic heterocycles. The first kappa shape index (κ1) is 28.4. The summed E-state index contributed by atoms with van der Waals surface area (Å²) in [7, 11) is 18.1. The zero-order valence-corrected chi connectivity index (χ0v) is 18.9. The van der Waals surface area contributed by atoms with Crippen molar-refractivity contribution in [3.63, 3.8) is 0 Å². The van der Waals surface area contributed by atoms with E-state index in [0.717, 1.165) is 19.3 Å². The van der Waals surface area contributed by atoms with Crippen molar-refractivity contribution in [1.29, 1.82) is 0 Å². The third kappa shape index (κ3) is 6.84. The molecule has 1 saturated carbocycles. The second-order valence-electron chi connectivity index (χ2n) is 7.79. The van der Waals surface area contributed by atoms with E-state index in [1.165, 1.54) is 0 Å². The zero-order chi connectivity index (χ0) is 25.8. The van der Waals surface area contributed by atoms with E-state index in [1.54, 1.807) is 0 Å². The maximum Gasteiger partial charge on any atom is 0.426 e. The molecule has 8 radical (unpaired) electrons. The van der Waals surface area contributed by atoms with Crippen molar-refractivity contribution in [3.8, 4) is 0 Å². The quantitative estimate of drug-likeness (QED) is 0.312. The number of hydrogen-bond acceptors (Lipinski definition) is 6. The zero-order valence-electron chi connectivity index (χ0n) is 18.1. The number of alkyl halides is 3. The Morgan fingerprint density at radius 1 is 0.971 bits per heavy atom. The second kappa shape index (κ2) is 11.2. The van der Waals surface area contributed by atoms with Crippen molar-refractivity contribution in [2.45, 2.75) is 63.1 Å². The van der Waals surface area contributed by atoms with Crippen LogP contribution < -0.4 is 10.9 Å². The van der Waals surface area contributed by atoms with Crippen LogP contribution in [0.4, 0.5) is 13.2 Å². The van der Waals surface area contributed by atoms with Crippen LogP contribution in [-0.4, -0.2) is 80.4 Å². The highest BCUT2D eigenvalue weighted by Gasteiger charge is 2.46. The summed E-state index contributed by atoms with van der Waals surface area (Å²) in [4.78, 5) is 25.9. The topological polar surface area (TPSA) is 107 Å². The standard InChI is InChI=1S/C19H19B4F3O7S/c20-6-10-13(17(27)33-12(19(24,25)26)8-34(29,30)31)14(16(23)11(7-21)15(10)22)18(28)32-9-4-2-1-3-5-9/h9,12H,1-8H2,(H,29,30,31). The fourth-order valence-corrected chi connectivity index (χ4v) is 4.38. The molecule has 176 valence electrons. The van der Waals surface area contributed by atoms with Crippen LogP contribution >= 0.6 is 0 Å². The van der Waals surface area contributed by atoms with Crippen LogP contribution in [0.15, 0.2) is 0 Å². The van der Waals surface area contributed by atoms with E-state index in [1.807, 2.05) is 0 Å². The maximum absolute atomic E-state index is 13.3. The van der Waals surface area contributed by atoms with Crippen molar-refractivity contribution >= 4 is 64.4 Å². The smallest absolute Gasteiger partial charge is 0.426 e. The molecule has 0 amide bonds. The number of carbonyl (C=O) groups is 2. The van der Waals surface area contributed by atoms with Gasteiger partial charge in [0, 0.05) is 0 Å². The van der Waals surface area contributed by atoms with Gasteiger partial charge in [-0.1, -0.05) is 35.6 Å². The third-order valence-corrected chi connectivity index (χ3v) is 6.14. The van der Waals surface area contributed by atoms with Crippen molar-refractivity contribution in [2.24, 2.45) is 0 Å². The van der Waals surface area contributed by atoms with Gasteiger partial charge in [-0.05, 0) is 31.2 Å². The average Bonchev–Trinajstić information content (AvgIpc) is 2.72. The van der Waals surface area contributed by atoms with Crippen molar-refractivity contribution < 1.29 is 45.2 Å². The molecule has 1 aromatic rings. The van der Waals surface area contributed by atoms with E-state index in [0.29, 0.717) is 12.8 Å². The van der Waals surface area contributed by atoms with Crippen LogP contribution in [-0.2, 0) is 32.2 Å². The minimum atomic E-state index is -5.37. The van der Waals surface area contributed by atoms with Crippen LogP contribution in [0, 0.1) is 0 Å². The van der Waals surface area contributed by atoms with Crippen LogP contribution in [0.3, 0.4) is 0 Å².